The highest BCUT2D eigenvalue weighted by Gasteiger charge is 2.27. The molecule has 0 saturated carbocycles. The second-order valence-corrected chi connectivity index (χ2v) is 9.05. The maximum Gasteiger partial charge on any atom is 0.321 e. The van der Waals surface area contributed by atoms with Crippen molar-refractivity contribution in [3.05, 3.63) is 65.5 Å². The summed E-state index contributed by atoms with van der Waals surface area (Å²) in [5.74, 6) is 0.741. The lowest BCUT2D eigenvalue weighted by atomic mass is 9.97. The van der Waals surface area contributed by atoms with Crippen molar-refractivity contribution in [2.45, 2.75) is 37.8 Å². The molecule has 8 nitrogen and oxygen atoms in total. The minimum absolute atomic E-state index is 0.101. The Morgan fingerprint density at radius 3 is 2.58 bits per heavy atom. The van der Waals surface area contributed by atoms with Gasteiger partial charge in [-0.15, -0.1) is 10.2 Å². The van der Waals surface area contributed by atoms with Gasteiger partial charge in [-0.1, -0.05) is 42.1 Å². The number of urea groups is 1. The molecule has 4 rings (SSSR count). The van der Waals surface area contributed by atoms with Crippen LogP contribution >= 0.6 is 11.8 Å². The molecule has 0 radical (unpaired) electrons. The van der Waals surface area contributed by atoms with Gasteiger partial charge < -0.3 is 20.0 Å². The Kier molecular flexibility index (Phi) is 7.29. The fourth-order valence-corrected chi connectivity index (χ4v) is 4.25. The predicted octanol–water partition coefficient (Wildman–Crippen LogP) is 4.83. The fraction of sp³-hybridized carbons (Fsp3) is 0.333. The number of amides is 3. The average molecular weight is 466 g/mol. The van der Waals surface area contributed by atoms with Crippen molar-refractivity contribution in [3.8, 4) is 0 Å². The van der Waals surface area contributed by atoms with E-state index >= 15 is 0 Å². The molecular formula is C24H27N5O3S. The summed E-state index contributed by atoms with van der Waals surface area (Å²) in [4.78, 5) is 26.6. The number of thioether (sulfide) groups is 1. The van der Waals surface area contributed by atoms with Gasteiger partial charge in [0.05, 0.1) is 5.75 Å². The first-order chi connectivity index (χ1) is 16.0. The number of carbonyl (C=O) groups excluding carboxylic acids is 2. The van der Waals surface area contributed by atoms with Crippen molar-refractivity contribution < 1.29 is 14.0 Å². The van der Waals surface area contributed by atoms with Crippen LogP contribution in [0.5, 0.6) is 0 Å². The molecule has 0 bridgehead atoms. The van der Waals surface area contributed by atoms with Crippen LogP contribution in [0.15, 0.2) is 58.2 Å². The molecule has 3 aromatic rings. The number of nitrogens with zero attached hydrogens (tertiary/aromatic N) is 3. The highest BCUT2D eigenvalue weighted by Crippen LogP contribution is 2.29. The lowest BCUT2D eigenvalue weighted by molar-refractivity contribution is -0.113. The van der Waals surface area contributed by atoms with Crippen LogP contribution in [0.4, 0.5) is 16.2 Å². The molecule has 0 unspecified atom stereocenters. The molecule has 1 aromatic heterocycles. The summed E-state index contributed by atoms with van der Waals surface area (Å²) in [6, 6.07) is 15.3. The number of benzene rings is 2. The van der Waals surface area contributed by atoms with Crippen LogP contribution in [-0.2, 0) is 4.79 Å². The summed E-state index contributed by atoms with van der Waals surface area (Å²) in [6.45, 7) is 5.19. The van der Waals surface area contributed by atoms with E-state index in [0.717, 1.165) is 35.3 Å². The molecule has 2 aromatic carbocycles. The Labute approximate surface area is 197 Å². The topological polar surface area (TPSA) is 100 Å². The van der Waals surface area contributed by atoms with Gasteiger partial charge in [0, 0.05) is 30.4 Å². The van der Waals surface area contributed by atoms with Gasteiger partial charge in [0.15, 0.2) is 0 Å². The van der Waals surface area contributed by atoms with Crippen LogP contribution in [-0.4, -0.2) is 45.9 Å². The normalized spacial score (nSPS) is 14.2. The molecule has 0 aliphatic carbocycles. The van der Waals surface area contributed by atoms with E-state index in [1.165, 1.54) is 11.8 Å². The van der Waals surface area contributed by atoms with E-state index in [2.05, 4.69) is 20.8 Å². The van der Waals surface area contributed by atoms with Crippen molar-refractivity contribution in [1.82, 2.24) is 15.1 Å². The number of para-hydroxylation sites is 1. The quantitative estimate of drug-likeness (QED) is 0.506. The third-order valence-electron chi connectivity index (χ3n) is 5.57. The standard InChI is InChI=1S/C24H27N5O3S/c1-16-8-9-17(2)20(14-16)26-21(30)15-33-24-28-27-22(32-24)18-10-12-29(13-11-18)23(31)25-19-6-4-3-5-7-19/h3-9,14,18H,10-13,15H2,1-2H3,(H,25,31)(H,26,30). The fourth-order valence-electron chi connectivity index (χ4n) is 3.68. The van der Waals surface area contributed by atoms with Crippen LogP contribution in [0.3, 0.4) is 0 Å². The number of nitrogens with one attached hydrogen (secondary N) is 2. The molecule has 33 heavy (non-hydrogen) atoms. The zero-order chi connectivity index (χ0) is 23.2. The number of piperidine rings is 1. The van der Waals surface area contributed by atoms with E-state index in [1.54, 1.807) is 4.90 Å². The van der Waals surface area contributed by atoms with Crippen LogP contribution < -0.4 is 10.6 Å². The molecule has 0 atom stereocenters. The Morgan fingerprint density at radius 1 is 1.06 bits per heavy atom. The minimum Gasteiger partial charge on any atom is -0.416 e. The van der Waals surface area contributed by atoms with Gasteiger partial charge >= 0.3 is 6.03 Å². The first kappa shape index (κ1) is 22.8. The van der Waals surface area contributed by atoms with Crippen molar-refractivity contribution in [3.63, 3.8) is 0 Å². The molecule has 2 N–H and O–H groups in total. The smallest absolute Gasteiger partial charge is 0.321 e. The summed E-state index contributed by atoms with van der Waals surface area (Å²) >= 11 is 1.22. The molecule has 1 fully saturated rings. The van der Waals surface area contributed by atoms with Crippen molar-refractivity contribution in [1.29, 1.82) is 0 Å². The van der Waals surface area contributed by atoms with Crippen LogP contribution in [0.25, 0.3) is 0 Å². The predicted molar refractivity (Wildman–Crippen MR) is 129 cm³/mol. The van der Waals surface area contributed by atoms with Gasteiger partial charge in [-0.05, 0) is 56.0 Å². The van der Waals surface area contributed by atoms with E-state index in [1.807, 2.05) is 62.4 Å². The molecule has 1 aliphatic heterocycles. The Morgan fingerprint density at radius 2 is 1.82 bits per heavy atom. The number of rotatable bonds is 6. The van der Waals surface area contributed by atoms with Gasteiger partial charge in [0.2, 0.25) is 11.8 Å². The monoisotopic (exact) mass is 465 g/mol. The highest BCUT2D eigenvalue weighted by molar-refractivity contribution is 7.99. The number of likely N-dealkylation sites (tertiary alicyclic amines) is 1. The molecule has 1 saturated heterocycles. The van der Waals surface area contributed by atoms with Gasteiger partial charge in [-0.3, -0.25) is 4.79 Å². The number of aromatic nitrogens is 2. The lowest BCUT2D eigenvalue weighted by Gasteiger charge is -2.30. The largest absolute Gasteiger partial charge is 0.416 e. The number of anilines is 2. The third-order valence-corrected chi connectivity index (χ3v) is 6.39. The summed E-state index contributed by atoms with van der Waals surface area (Å²) in [5.41, 5.74) is 3.70. The second-order valence-electron chi connectivity index (χ2n) is 8.12. The average Bonchev–Trinajstić information content (AvgIpc) is 3.30. The molecule has 2 heterocycles. The molecule has 0 spiro atoms. The summed E-state index contributed by atoms with van der Waals surface area (Å²) in [5, 5.41) is 14.5. The van der Waals surface area contributed by atoms with Gasteiger partial charge in [0.25, 0.3) is 5.22 Å². The lowest BCUT2D eigenvalue weighted by Crippen LogP contribution is -2.40. The first-order valence-corrected chi connectivity index (χ1v) is 11.9. The summed E-state index contributed by atoms with van der Waals surface area (Å²) in [7, 11) is 0. The van der Waals surface area contributed by atoms with Gasteiger partial charge in [-0.25, -0.2) is 4.79 Å². The number of aryl methyl sites for hydroxylation is 2. The van der Waals surface area contributed by atoms with Crippen molar-refractivity contribution in [2.75, 3.05) is 29.5 Å². The number of carbonyl (C=O) groups is 2. The molecule has 9 heteroatoms. The Hall–Kier alpha value is -3.33. The Balaban J connectivity index is 1.24. The minimum atomic E-state index is -0.119. The molecule has 172 valence electrons. The van der Waals surface area contributed by atoms with Crippen molar-refractivity contribution in [2.24, 2.45) is 0 Å². The summed E-state index contributed by atoms with van der Waals surface area (Å²) in [6.07, 6.45) is 1.50. The van der Waals surface area contributed by atoms with E-state index in [9.17, 15) is 9.59 Å². The molecular weight excluding hydrogens is 438 g/mol. The van der Waals surface area contributed by atoms with E-state index < -0.39 is 0 Å². The summed E-state index contributed by atoms with van der Waals surface area (Å²) < 4.78 is 5.80. The maximum absolute atomic E-state index is 12.5. The Bertz CT molecular complexity index is 1110. The van der Waals surface area contributed by atoms with Crippen LogP contribution in [0.2, 0.25) is 0 Å². The van der Waals surface area contributed by atoms with E-state index in [0.29, 0.717) is 24.2 Å². The zero-order valence-electron chi connectivity index (χ0n) is 18.7. The highest BCUT2D eigenvalue weighted by atomic mass is 32.2. The SMILES string of the molecule is Cc1ccc(C)c(NC(=O)CSc2nnc(C3CCN(C(=O)Nc4ccccc4)CC3)o2)c1. The van der Waals surface area contributed by atoms with Crippen molar-refractivity contribution >= 4 is 35.1 Å². The van der Waals surface area contributed by atoms with Gasteiger partial charge in [-0.2, -0.15) is 0 Å². The maximum atomic E-state index is 12.5. The van der Waals surface area contributed by atoms with E-state index in [4.69, 9.17) is 4.42 Å². The first-order valence-electron chi connectivity index (χ1n) is 10.9. The number of hydrogen-bond donors (Lipinski definition) is 2. The van der Waals surface area contributed by atoms with Crippen LogP contribution in [0.1, 0.15) is 35.8 Å². The van der Waals surface area contributed by atoms with E-state index in [-0.39, 0.29) is 23.6 Å². The van der Waals surface area contributed by atoms with Crippen LogP contribution in [0, 0.1) is 13.8 Å². The third kappa shape index (κ3) is 6.13. The van der Waals surface area contributed by atoms with Gasteiger partial charge in [0.1, 0.15) is 0 Å². The second kappa shape index (κ2) is 10.5. The molecule has 1 aliphatic rings. The molecule has 3 amide bonds. The zero-order valence-corrected chi connectivity index (χ0v) is 19.5. The number of hydrogen-bond acceptors (Lipinski definition) is 6.